The molecule has 0 aliphatic carbocycles. The molecule has 23 heteroatoms. The second-order valence-electron chi connectivity index (χ2n) is 18.8. The molecule has 0 spiro atoms. The van der Waals surface area contributed by atoms with Crippen LogP contribution in [-0.2, 0) is 63.3 Å². The van der Waals surface area contributed by atoms with E-state index >= 15 is 4.79 Å². The molecule has 388 valence electrons. The Morgan fingerprint density at radius 3 is 1.39 bits per heavy atom. The van der Waals surface area contributed by atoms with Crippen molar-refractivity contribution in [2.45, 2.75) is 110 Å². The lowest BCUT2D eigenvalue weighted by molar-refractivity contribution is -0.142. The van der Waals surface area contributed by atoms with Gasteiger partial charge in [-0.05, 0) is 102 Å². The van der Waals surface area contributed by atoms with E-state index in [9.17, 15) is 34.8 Å². The number of rotatable bonds is 16. The molecule has 10 rings (SSSR count). The van der Waals surface area contributed by atoms with Gasteiger partial charge in [-0.15, -0.1) is 22.7 Å². The molecule has 2 fully saturated rings. The number of likely N-dealkylation sites (tertiary alicyclic amines) is 2. The van der Waals surface area contributed by atoms with E-state index in [2.05, 4.69) is 20.2 Å². The molecule has 8 aromatic rings. The van der Waals surface area contributed by atoms with Crippen molar-refractivity contribution in [1.82, 2.24) is 49.3 Å². The fourth-order valence-corrected chi connectivity index (χ4v) is 14.6. The van der Waals surface area contributed by atoms with E-state index in [0.717, 1.165) is 32.9 Å². The molecule has 4 atom stereocenters. The Labute approximate surface area is 435 Å². The van der Waals surface area contributed by atoms with Gasteiger partial charge in [-0.3, -0.25) is 42.3 Å². The van der Waals surface area contributed by atoms with Crippen LogP contribution in [0.3, 0.4) is 0 Å². The minimum Gasteiger partial charge on any atom is -0.296 e. The fraction of sp³-hybridized carbons (Fsp3) is 0.392. The zero-order chi connectivity index (χ0) is 51.9. The molecule has 0 amide bonds. The van der Waals surface area contributed by atoms with E-state index in [0.29, 0.717) is 84.1 Å². The van der Waals surface area contributed by atoms with Crippen LogP contribution in [0.4, 0.5) is 26.3 Å². The highest BCUT2D eigenvalue weighted by Gasteiger charge is 2.42. The number of piperidine rings is 2. The molecular formula is C51H50F6N10O3S4. The van der Waals surface area contributed by atoms with Gasteiger partial charge >= 0.3 is 12.4 Å². The zero-order valence-corrected chi connectivity index (χ0v) is 43.4. The summed E-state index contributed by atoms with van der Waals surface area (Å²) >= 11 is 2.94. The number of aromatic nitrogens is 8. The number of pyridine rings is 2. The van der Waals surface area contributed by atoms with Crippen molar-refractivity contribution in [3.8, 4) is 0 Å². The number of hydrogen-bond donors (Lipinski definition) is 0. The Morgan fingerprint density at radius 2 is 1.01 bits per heavy atom. The second kappa shape index (κ2) is 21.6. The third-order valence-corrected chi connectivity index (χ3v) is 18.8. The van der Waals surface area contributed by atoms with E-state index in [1.807, 2.05) is 69.1 Å². The number of carbonyl (C=O) groups is 1. The van der Waals surface area contributed by atoms with E-state index in [1.54, 1.807) is 24.5 Å². The first-order valence-electron chi connectivity index (χ1n) is 24.0. The quantitative estimate of drug-likeness (QED) is 0.0853. The van der Waals surface area contributed by atoms with Gasteiger partial charge in [-0.1, -0.05) is 36.4 Å². The summed E-state index contributed by atoms with van der Waals surface area (Å²) in [6.45, 7) is 4.04. The van der Waals surface area contributed by atoms with Crippen molar-refractivity contribution in [2.24, 2.45) is 0 Å². The fourth-order valence-electron chi connectivity index (χ4n) is 10.0. The summed E-state index contributed by atoms with van der Waals surface area (Å²) in [7, 11) is -2.83. The summed E-state index contributed by atoms with van der Waals surface area (Å²) in [6.07, 6.45) is -3.89. The number of aryl methyl sites for hydroxylation is 2. The summed E-state index contributed by atoms with van der Waals surface area (Å²) < 4.78 is 114. The summed E-state index contributed by atoms with van der Waals surface area (Å²) in [5, 5.41) is 15.1. The van der Waals surface area contributed by atoms with Crippen LogP contribution < -0.4 is 0 Å². The minimum atomic E-state index is -4.73. The van der Waals surface area contributed by atoms with E-state index in [-0.39, 0.29) is 53.6 Å². The zero-order valence-electron chi connectivity index (χ0n) is 40.1. The maximum Gasteiger partial charge on any atom is 0.435 e. The number of halogens is 6. The molecule has 2 aliphatic rings. The van der Waals surface area contributed by atoms with Gasteiger partial charge in [-0.25, -0.2) is 9.97 Å². The number of alkyl halides is 6. The van der Waals surface area contributed by atoms with Crippen LogP contribution in [0.2, 0.25) is 0 Å². The number of carbonyl (C=O) groups excluding carboxylic acids is 1. The molecule has 74 heavy (non-hydrogen) atoms. The van der Waals surface area contributed by atoms with Crippen molar-refractivity contribution in [1.29, 1.82) is 0 Å². The molecule has 2 aromatic carbocycles. The van der Waals surface area contributed by atoms with Crippen molar-refractivity contribution in [2.75, 3.05) is 26.2 Å². The molecule has 13 nitrogen and oxygen atoms in total. The third-order valence-electron chi connectivity index (χ3n) is 13.9. The lowest BCUT2D eigenvalue weighted by Crippen LogP contribution is -2.57. The van der Waals surface area contributed by atoms with Crippen molar-refractivity contribution in [3.05, 3.63) is 140 Å². The predicted octanol–water partition coefficient (Wildman–Crippen LogP) is 10.1. The number of nitrogens with zero attached hydrogens (tertiary/aromatic N) is 10. The van der Waals surface area contributed by atoms with Crippen LogP contribution in [0.5, 0.6) is 0 Å². The Morgan fingerprint density at radius 1 is 0.622 bits per heavy atom. The third kappa shape index (κ3) is 11.3. The number of para-hydroxylation sites is 2. The first-order valence-corrected chi connectivity index (χ1v) is 28.4. The van der Waals surface area contributed by atoms with Gasteiger partial charge in [-0.2, -0.15) is 36.5 Å². The number of hydrogen-bond acceptors (Lipinski definition) is 13. The lowest BCUT2D eigenvalue weighted by atomic mass is 9.91. The molecule has 0 saturated carbocycles. The lowest BCUT2D eigenvalue weighted by Gasteiger charge is -2.41. The number of ketones is 1. The topological polar surface area (TPSA) is 145 Å². The summed E-state index contributed by atoms with van der Waals surface area (Å²) in [4.78, 5) is 39.4. The molecule has 6 aromatic heterocycles. The van der Waals surface area contributed by atoms with Gasteiger partial charge in [0.2, 0.25) is 0 Å². The van der Waals surface area contributed by atoms with Gasteiger partial charge in [0.25, 0.3) is 0 Å². The number of benzene rings is 2. The predicted molar refractivity (Wildman–Crippen MR) is 272 cm³/mol. The van der Waals surface area contributed by atoms with Crippen molar-refractivity contribution in [3.63, 3.8) is 0 Å². The van der Waals surface area contributed by atoms with Crippen LogP contribution in [0.25, 0.3) is 21.8 Å². The average molecular weight is 1090 g/mol. The van der Waals surface area contributed by atoms with E-state index in [1.165, 1.54) is 45.9 Å². The summed E-state index contributed by atoms with van der Waals surface area (Å²) in [5.41, 5.74) is 0.916. The second-order valence-corrected chi connectivity index (χ2v) is 23.4. The molecule has 8 heterocycles. The van der Waals surface area contributed by atoms with Crippen LogP contribution in [0.15, 0.2) is 106 Å². The molecule has 0 radical (unpaired) electrons. The minimum absolute atomic E-state index is 0.0133. The molecule has 2 saturated heterocycles. The molecule has 2 aliphatic heterocycles. The SMILES string of the molecule is Cc1cc(C(F)(F)F)nn1CC(C(=O)C(Cn1nc(C(F)(F)F)cc1C)N1CCC(c2nc(CS(=O)c3cccc4cccnc34)cs2)CC1)N1CCC(c2nc(CS(=O)c3cccc4cccnc34)cs2)CC1. The van der Waals surface area contributed by atoms with Crippen molar-refractivity contribution >= 4 is 71.9 Å². The molecule has 0 bridgehead atoms. The average Bonchev–Trinajstić information content (AvgIpc) is 4.22. The normalized spacial score (nSPS) is 17.5. The van der Waals surface area contributed by atoms with Gasteiger partial charge in [0, 0.05) is 57.1 Å². The van der Waals surface area contributed by atoms with Crippen LogP contribution in [-0.4, -0.2) is 102 Å². The van der Waals surface area contributed by atoms with Gasteiger partial charge in [0.1, 0.15) is 0 Å². The Hall–Kier alpha value is -5.59. The van der Waals surface area contributed by atoms with Crippen LogP contribution >= 0.6 is 22.7 Å². The largest absolute Gasteiger partial charge is 0.435 e. The maximum atomic E-state index is 15.5. The Bertz CT molecular complexity index is 3130. The van der Waals surface area contributed by atoms with Gasteiger partial charge in [0.05, 0.1) is 101 Å². The molecular weight excluding hydrogens is 1040 g/mol. The monoisotopic (exact) mass is 1090 g/mol. The highest BCUT2D eigenvalue weighted by Crippen LogP contribution is 2.37. The summed E-state index contributed by atoms with van der Waals surface area (Å²) in [6, 6.07) is 18.5. The highest BCUT2D eigenvalue weighted by molar-refractivity contribution is 7.84. The Kier molecular flexibility index (Phi) is 15.1. The Balaban J connectivity index is 0.879. The van der Waals surface area contributed by atoms with Crippen LogP contribution in [0.1, 0.15) is 81.7 Å². The summed E-state index contributed by atoms with van der Waals surface area (Å²) in [5.74, 6) is 0.00148. The number of fused-ring (bicyclic) bond motifs is 2. The number of thiazole rings is 2. The molecule has 0 N–H and O–H groups in total. The van der Waals surface area contributed by atoms with Gasteiger partial charge in [0.15, 0.2) is 17.2 Å². The molecule has 4 unspecified atom stereocenters. The van der Waals surface area contributed by atoms with Crippen LogP contribution in [0, 0.1) is 13.8 Å². The first kappa shape index (κ1) is 51.9. The first-order chi connectivity index (χ1) is 35.5. The smallest absolute Gasteiger partial charge is 0.296 e. The highest BCUT2D eigenvalue weighted by atomic mass is 32.2. The van der Waals surface area contributed by atoms with Crippen molar-refractivity contribution < 1.29 is 39.6 Å². The number of Topliss-reactive ketones (excluding diaryl/α,β-unsaturated/α-hetero) is 1. The maximum absolute atomic E-state index is 15.5. The van der Waals surface area contributed by atoms with E-state index in [4.69, 9.17) is 9.97 Å². The van der Waals surface area contributed by atoms with Gasteiger partial charge < -0.3 is 0 Å². The van der Waals surface area contributed by atoms with E-state index < -0.39 is 57.4 Å². The standard InChI is InChI=1S/C51H50F6N10O3S4/c1-31-23-43(50(52,53)54)62-66(31)25-39(64-19-13-35(14-20-64)48-60-37(27-71-48)29-73(69)41-11-3-7-33-9-5-17-58-45(33)41)47(68)40(26-67-32(2)24-44(63-67)51(55,56)57)65-21-15-36(16-22-65)49-61-38(28-72-49)30-74(70)42-12-4-8-34-10-6-18-59-46(34)42/h3-12,17-18,23-24,27-28,35-36,39-40H,13-16,19-22,25-26,29-30H2,1-2H3.